The van der Waals surface area contributed by atoms with Gasteiger partial charge < -0.3 is 19.3 Å². The Morgan fingerprint density at radius 2 is 0.692 bits per heavy atom. The molecule has 0 atom stereocenters. The van der Waals surface area contributed by atoms with E-state index in [2.05, 4.69) is 61.8 Å². The maximum atomic E-state index is 12.6. The van der Waals surface area contributed by atoms with Crippen molar-refractivity contribution >= 4 is 11.9 Å². The molecule has 0 aromatic heterocycles. The molecule has 294 valence electrons. The molecule has 0 aliphatic carbocycles. The third-order valence-electron chi connectivity index (χ3n) is 10.1. The molecule has 0 aliphatic heterocycles. The highest BCUT2D eigenvalue weighted by Crippen LogP contribution is 2.21. The minimum atomic E-state index is -0.123. The van der Waals surface area contributed by atoms with E-state index in [9.17, 15) is 9.59 Å². The van der Waals surface area contributed by atoms with Crippen LogP contribution in [0.1, 0.15) is 167 Å². The van der Waals surface area contributed by atoms with Crippen LogP contribution in [0.25, 0.3) is 11.1 Å². The van der Waals surface area contributed by atoms with E-state index in [1.54, 1.807) is 0 Å². The normalized spacial score (nSPS) is 11.4. The van der Waals surface area contributed by atoms with Crippen molar-refractivity contribution in [1.82, 2.24) is 9.80 Å². The lowest BCUT2D eigenvalue weighted by Gasteiger charge is -2.22. The van der Waals surface area contributed by atoms with E-state index < -0.39 is 0 Å². The maximum Gasteiger partial charge on any atom is 0.307 e. The summed E-state index contributed by atoms with van der Waals surface area (Å²) in [4.78, 5) is 30.2. The predicted molar refractivity (Wildman–Crippen MR) is 219 cm³/mol. The standard InChI is InChI=1S/C46H76N2O4/c1-5-9-13-17-21-35-47(33-19-15-11-7-3)37-31-45(49)51-39-41-23-27-43(28-24-41)44-29-25-42(26-30-44)40-52-46(50)32-38-48(34-20-16-12-8-4)36-22-18-14-10-6-2/h23-30H,5-22,31-40H2,1-4H3. The van der Waals surface area contributed by atoms with Gasteiger partial charge in [0.1, 0.15) is 13.2 Å². The first-order chi connectivity index (χ1) is 25.5. The molecule has 52 heavy (non-hydrogen) atoms. The van der Waals surface area contributed by atoms with Crippen molar-refractivity contribution in [2.45, 2.75) is 169 Å². The fourth-order valence-corrected chi connectivity index (χ4v) is 6.63. The second-order valence-corrected chi connectivity index (χ2v) is 14.8. The zero-order valence-corrected chi connectivity index (χ0v) is 33.9. The fourth-order valence-electron chi connectivity index (χ4n) is 6.63. The van der Waals surface area contributed by atoms with E-state index in [0.717, 1.165) is 61.5 Å². The lowest BCUT2D eigenvalue weighted by atomic mass is 10.0. The number of hydrogen-bond acceptors (Lipinski definition) is 6. The Labute approximate surface area is 319 Å². The summed E-state index contributed by atoms with van der Waals surface area (Å²) in [6.45, 7) is 15.5. The van der Waals surface area contributed by atoms with E-state index in [1.807, 2.05) is 24.3 Å². The van der Waals surface area contributed by atoms with Crippen molar-refractivity contribution in [2.75, 3.05) is 39.3 Å². The molecular formula is C46H76N2O4. The maximum absolute atomic E-state index is 12.6. The summed E-state index contributed by atoms with van der Waals surface area (Å²) in [5.41, 5.74) is 4.18. The first-order valence-corrected chi connectivity index (χ1v) is 21.4. The first kappa shape index (κ1) is 45.5. The van der Waals surface area contributed by atoms with Crippen molar-refractivity contribution in [2.24, 2.45) is 0 Å². The summed E-state index contributed by atoms with van der Waals surface area (Å²) < 4.78 is 11.3. The average Bonchev–Trinajstić information content (AvgIpc) is 3.17. The van der Waals surface area contributed by atoms with Crippen LogP contribution >= 0.6 is 0 Å². The number of esters is 2. The van der Waals surface area contributed by atoms with Crippen LogP contribution in [-0.4, -0.2) is 61.0 Å². The molecule has 0 heterocycles. The van der Waals surface area contributed by atoms with Crippen molar-refractivity contribution < 1.29 is 19.1 Å². The second kappa shape index (κ2) is 30.7. The Balaban J connectivity index is 1.74. The van der Waals surface area contributed by atoms with Crippen LogP contribution in [0.2, 0.25) is 0 Å². The highest BCUT2D eigenvalue weighted by Gasteiger charge is 2.12. The minimum Gasteiger partial charge on any atom is -0.461 e. The van der Waals surface area contributed by atoms with E-state index in [0.29, 0.717) is 26.1 Å². The van der Waals surface area contributed by atoms with Gasteiger partial charge in [0.05, 0.1) is 12.8 Å². The highest BCUT2D eigenvalue weighted by molar-refractivity contribution is 5.70. The topological polar surface area (TPSA) is 59.1 Å². The zero-order chi connectivity index (χ0) is 37.5. The number of carbonyl (C=O) groups excluding carboxylic acids is 2. The zero-order valence-electron chi connectivity index (χ0n) is 33.9. The summed E-state index contributed by atoms with van der Waals surface area (Å²) in [5, 5.41) is 0. The number of ether oxygens (including phenoxy) is 2. The van der Waals surface area contributed by atoms with E-state index in [1.165, 1.54) is 116 Å². The summed E-state index contributed by atoms with van der Waals surface area (Å²) >= 11 is 0. The Morgan fingerprint density at radius 3 is 1.00 bits per heavy atom. The van der Waals surface area contributed by atoms with E-state index in [-0.39, 0.29) is 11.9 Å². The van der Waals surface area contributed by atoms with Crippen LogP contribution < -0.4 is 0 Å². The van der Waals surface area contributed by atoms with Crippen molar-refractivity contribution in [3.05, 3.63) is 59.7 Å². The highest BCUT2D eigenvalue weighted by atomic mass is 16.5. The van der Waals surface area contributed by atoms with Crippen LogP contribution in [-0.2, 0) is 32.3 Å². The molecule has 0 amide bonds. The van der Waals surface area contributed by atoms with Gasteiger partial charge >= 0.3 is 11.9 Å². The van der Waals surface area contributed by atoms with Gasteiger partial charge in [-0.25, -0.2) is 0 Å². The number of benzene rings is 2. The molecule has 2 aromatic carbocycles. The molecule has 0 saturated carbocycles. The number of nitrogens with zero attached hydrogens (tertiary/aromatic N) is 2. The van der Waals surface area contributed by atoms with E-state index in [4.69, 9.17) is 9.47 Å². The van der Waals surface area contributed by atoms with Gasteiger partial charge in [-0.2, -0.15) is 0 Å². The summed E-state index contributed by atoms with van der Waals surface area (Å²) in [5.74, 6) is -0.245. The molecule has 0 radical (unpaired) electrons. The van der Waals surface area contributed by atoms with Gasteiger partial charge in [-0.15, -0.1) is 0 Å². The lowest BCUT2D eigenvalue weighted by Crippen LogP contribution is -2.29. The minimum absolute atomic E-state index is 0.123. The average molecular weight is 721 g/mol. The molecule has 6 heteroatoms. The Bertz CT molecular complexity index is 1060. The first-order valence-electron chi connectivity index (χ1n) is 21.4. The quantitative estimate of drug-likeness (QED) is 0.0540. The molecule has 0 spiro atoms. The third kappa shape index (κ3) is 22.4. The number of unbranched alkanes of at least 4 members (excludes halogenated alkanes) is 14. The van der Waals surface area contributed by atoms with Crippen molar-refractivity contribution in [3.63, 3.8) is 0 Å². The summed E-state index contributed by atoms with van der Waals surface area (Å²) in [6.07, 6.45) is 23.6. The van der Waals surface area contributed by atoms with Gasteiger partial charge in [-0.3, -0.25) is 9.59 Å². The van der Waals surface area contributed by atoms with Crippen LogP contribution in [0.5, 0.6) is 0 Å². The van der Waals surface area contributed by atoms with Crippen LogP contribution in [0.3, 0.4) is 0 Å². The van der Waals surface area contributed by atoms with E-state index >= 15 is 0 Å². The number of hydrogen-bond donors (Lipinski definition) is 0. The molecule has 0 fully saturated rings. The van der Waals surface area contributed by atoms with Gasteiger partial charge in [0, 0.05) is 13.1 Å². The van der Waals surface area contributed by atoms with Gasteiger partial charge in [-0.1, -0.05) is 166 Å². The van der Waals surface area contributed by atoms with Crippen molar-refractivity contribution in [1.29, 1.82) is 0 Å². The molecule has 2 aromatic rings. The molecular weight excluding hydrogens is 645 g/mol. The molecule has 2 rings (SSSR count). The van der Waals surface area contributed by atoms with Gasteiger partial charge in [0.25, 0.3) is 0 Å². The van der Waals surface area contributed by atoms with Crippen LogP contribution in [0, 0.1) is 0 Å². The largest absolute Gasteiger partial charge is 0.461 e. The SMILES string of the molecule is CCCCCCCN(CCCCCC)CCC(=O)OCc1ccc(-c2ccc(COC(=O)CCN(CCCCCC)CCCCCCC)cc2)cc1. The molecule has 0 N–H and O–H groups in total. The summed E-state index contributed by atoms with van der Waals surface area (Å²) in [6, 6.07) is 16.4. The van der Waals surface area contributed by atoms with Crippen LogP contribution in [0.4, 0.5) is 0 Å². The Morgan fingerprint density at radius 1 is 0.404 bits per heavy atom. The lowest BCUT2D eigenvalue weighted by molar-refractivity contribution is -0.146. The fraction of sp³-hybridized carbons (Fsp3) is 0.696. The van der Waals surface area contributed by atoms with Gasteiger partial charge in [-0.05, 0) is 74.1 Å². The molecule has 0 saturated heterocycles. The second-order valence-electron chi connectivity index (χ2n) is 14.8. The molecule has 6 nitrogen and oxygen atoms in total. The van der Waals surface area contributed by atoms with Crippen molar-refractivity contribution in [3.8, 4) is 11.1 Å². The number of carbonyl (C=O) groups is 2. The number of rotatable bonds is 33. The molecule has 0 bridgehead atoms. The molecule has 0 aliphatic rings. The monoisotopic (exact) mass is 721 g/mol. The molecule has 0 unspecified atom stereocenters. The van der Waals surface area contributed by atoms with Gasteiger partial charge in [0.15, 0.2) is 0 Å². The predicted octanol–water partition coefficient (Wildman–Crippen LogP) is 11.9. The Kier molecular flexibility index (Phi) is 26.9. The summed E-state index contributed by atoms with van der Waals surface area (Å²) in [7, 11) is 0. The van der Waals surface area contributed by atoms with Gasteiger partial charge in [0.2, 0.25) is 0 Å². The smallest absolute Gasteiger partial charge is 0.307 e. The van der Waals surface area contributed by atoms with Crippen LogP contribution in [0.15, 0.2) is 48.5 Å². The Hall–Kier alpha value is -2.70. The third-order valence-corrected chi connectivity index (χ3v) is 10.1.